The molecule has 1 aromatic rings. The maximum Gasteiger partial charge on any atom is 0.150 e. The smallest absolute Gasteiger partial charge is 0.150 e. The van der Waals surface area contributed by atoms with Gasteiger partial charge < -0.3 is 5.32 Å². The minimum Gasteiger partial charge on any atom is -0.310 e. The van der Waals surface area contributed by atoms with Crippen LogP contribution in [0.4, 0.5) is 8.78 Å². The van der Waals surface area contributed by atoms with Gasteiger partial charge in [-0.05, 0) is 37.9 Å². The normalized spacial score (nSPS) is 23.4. The van der Waals surface area contributed by atoms with Crippen LogP contribution < -0.4 is 5.32 Å². The van der Waals surface area contributed by atoms with Crippen LogP contribution in [0.15, 0.2) is 18.2 Å². The molecule has 0 aromatic heterocycles. The molecule has 2 rings (SSSR count). The van der Waals surface area contributed by atoms with Gasteiger partial charge in [-0.15, -0.1) is 0 Å². The molecule has 1 aliphatic heterocycles. The summed E-state index contributed by atoms with van der Waals surface area (Å²) in [4.78, 5) is 0. The highest BCUT2D eigenvalue weighted by Gasteiger charge is 2.28. The Hall–Kier alpha value is -1.01. The average Bonchev–Trinajstić information content (AvgIpc) is 2.66. The lowest BCUT2D eigenvalue weighted by atomic mass is 10.0. The topological polar surface area (TPSA) is 46.2 Å². The molecule has 2 unspecified atom stereocenters. The van der Waals surface area contributed by atoms with Crippen molar-refractivity contribution in [1.82, 2.24) is 5.32 Å². The van der Waals surface area contributed by atoms with Crippen LogP contribution in [0.2, 0.25) is 0 Å². The summed E-state index contributed by atoms with van der Waals surface area (Å²) in [6.07, 6.45) is 0.613. The van der Waals surface area contributed by atoms with Gasteiger partial charge in [0.05, 0.1) is 11.5 Å². The molecule has 0 bridgehead atoms. The minimum absolute atomic E-state index is 0.00311. The van der Waals surface area contributed by atoms with E-state index in [4.69, 9.17) is 0 Å². The van der Waals surface area contributed by atoms with Crippen LogP contribution in [0.5, 0.6) is 0 Å². The van der Waals surface area contributed by atoms with Crippen LogP contribution in [0, 0.1) is 17.6 Å². The first kappa shape index (κ1) is 14.4. The fraction of sp³-hybridized carbons (Fsp3) is 0.538. The monoisotopic (exact) mass is 289 g/mol. The van der Waals surface area contributed by atoms with Gasteiger partial charge in [0, 0.05) is 11.6 Å². The third kappa shape index (κ3) is 3.51. The molecule has 3 nitrogen and oxygen atoms in total. The number of hydrogen-bond donors (Lipinski definition) is 1. The molecule has 1 aliphatic rings. The standard InChI is InChI=1S/C13H17F2NO2S/c1-9(13-11(14)3-2-4-12(13)15)16-7-10-5-6-19(17,18)8-10/h2-4,9-10,16H,5-8H2,1H3. The Balaban J connectivity index is 1.97. The molecule has 0 amide bonds. The molecule has 1 aromatic carbocycles. The van der Waals surface area contributed by atoms with Crippen molar-refractivity contribution >= 4 is 9.84 Å². The number of nitrogens with one attached hydrogen (secondary N) is 1. The molecule has 0 aliphatic carbocycles. The maximum atomic E-state index is 13.5. The fourth-order valence-corrected chi connectivity index (χ4v) is 4.26. The molecule has 0 radical (unpaired) electrons. The number of hydrogen-bond acceptors (Lipinski definition) is 3. The van der Waals surface area contributed by atoms with Crippen LogP contribution in [-0.2, 0) is 9.84 Å². The van der Waals surface area contributed by atoms with Crippen molar-refractivity contribution in [2.75, 3.05) is 18.1 Å². The van der Waals surface area contributed by atoms with E-state index in [2.05, 4.69) is 5.32 Å². The Morgan fingerprint density at radius 3 is 2.53 bits per heavy atom. The number of halogens is 2. The summed E-state index contributed by atoms with van der Waals surface area (Å²) in [6.45, 7) is 2.12. The van der Waals surface area contributed by atoms with Gasteiger partial charge in [-0.1, -0.05) is 6.07 Å². The third-order valence-electron chi connectivity index (χ3n) is 3.47. The summed E-state index contributed by atoms with van der Waals surface area (Å²) in [6, 6.07) is 3.28. The molecule has 106 valence electrons. The van der Waals surface area contributed by atoms with Crippen molar-refractivity contribution in [3.63, 3.8) is 0 Å². The predicted octanol–water partition coefficient (Wildman–Crippen LogP) is 2.05. The van der Waals surface area contributed by atoms with Crippen molar-refractivity contribution < 1.29 is 17.2 Å². The van der Waals surface area contributed by atoms with E-state index in [0.29, 0.717) is 13.0 Å². The van der Waals surface area contributed by atoms with Crippen molar-refractivity contribution in [3.8, 4) is 0 Å². The molecule has 0 spiro atoms. The van der Waals surface area contributed by atoms with Gasteiger partial charge in [0.15, 0.2) is 9.84 Å². The van der Waals surface area contributed by atoms with E-state index in [-0.39, 0.29) is 23.0 Å². The Kier molecular flexibility index (Phi) is 4.20. The Morgan fingerprint density at radius 2 is 2.00 bits per heavy atom. The van der Waals surface area contributed by atoms with E-state index in [9.17, 15) is 17.2 Å². The maximum absolute atomic E-state index is 13.5. The quantitative estimate of drug-likeness (QED) is 0.923. The van der Waals surface area contributed by atoms with Crippen LogP contribution in [0.25, 0.3) is 0 Å². The Labute approximate surface area is 111 Å². The molecule has 1 saturated heterocycles. The Bertz CT molecular complexity index is 540. The van der Waals surface area contributed by atoms with Crippen molar-refractivity contribution in [2.45, 2.75) is 19.4 Å². The second kappa shape index (κ2) is 5.54. The fourth-order valence-electron chi connectivity index (χ4n) is 2.40. The molecule has 6 heteroatoms. The number of sulfone groups is 1. The molecule has 1 N–H and O–H groups in total. The number of benzene rings is 1. The summed E-state index contributed by atoms with van der Waals surface area (Å²) < 4.78 is 49.7. The highest BCUT2D eigenvalue weighted by molar-refractivity contribution is 7.91. The zero-order valence-electron chi connectivity index (χ0n) is 10.7. The van der Waals surface area contributed by atoms with Gasteiger partial charge in [-0.2, -0.15) is 0 Å². The average molecular weight is 289 g/mol. The summed E-state index contributed by atoms with van der Waals surface area (Å²) in [5.41, 5.74) is 0.00311. The van der Waals surface area contributed by atoms with E-state index in [1.165, 1.54) is 18.2 Å². The lowest BCUT2D eigenvalue weighted by Gasteiger charge is -2.18. The highest BCUT2D eigenvalue weighted by Crippen LogP contribution is 2.22. The summed E-state index contributed by atoms with van der Waals surface area (Å²) in [7, 11) is -2.91. The molecule has 1 heterocycles. The lowest BCUT2D eigenvalue weighted by Crippen LogP contribution is -2.27. The highest BCUT2D eigenvalue weighted by atomic mass is 32.2. The van der Waals surface area contributed by atoms with Gasteiger partial charge >= 0.3 is 0 Å². The van der Waals surface area contributed by atoms with Crippen molar-refractivity contribution in [1.29, 1.82) is 0 Å². The zero-order chi connectivity index (χ0) is 14.0. The van der Waals surface area contributed by atoms with Gasteiger partial charge in [-0.25, -0.2) is 17.2 Å². The summed E-state index contributed by atoms with van der Waals surface area (Å²) in [5, 5.41) is 3.02. The summed E-state index contributed by atoms with van der Waals surface area (Å²) in [5.74, 6) is -0.769. The molecule has 19 heavy (non-hydrogen) atoms. The van der Waals surface area contributed by atoms with Crippen molar-refractivity contribution in [2.24, 2.45) is 5.92 Å². The first-order valence-electron chi connectivity index (χ1n) is 6.27. The number of rotatable bonds is 4. The van der Waals surface area contributed by atoms with E-state index in [0.717, 1.165) is 0 Å². The first-order chi connectivity index (χ1) is 8.89. The Morgan fingerprint density at radius 1 is 1.37 bits per heavy atom. The molecular weight excluding hydrogens is 272 g/mol. The molecule has 0 saturated carbocycles. The van der Waals surface area contributed by atoms with Crippen LogP contribution in [-0.4, -0.2) is 26.5 Å². The van der Waals surface area contributed by atoms with Crippen molar-refractivity contribution in [3.05, 3.63) is 35.4 Å². The van der Waals surface area contributed by atoms with E-state index in [1.54, 1.807) is 6.92 Å². The molecular formula is C13H17F2NO2S. The third-order valence-corrected chi connectivity index (χ3v) is 5.31. The minimum atomic E-state index is -2.91. The van der Waals surface area contributed by atoms with Crippen LogP contribution >= 0.6 is 0 Å². The predicted molar refractivity (Wildman–Crippen MR) is 69.5 cm³/mol. The second-order valence-electron chi connectivity index (χ2n) is 5.03. The first-order valence-corrected chi connectivity index (χ1v) is 8.09. The largest absolute Gasteiger partial charge is 0.310 e. The van der Waals surface area contributed by atoms with Gasteiger partial charge in [0.25, 0.3) is 0 Å². The molecule has 1 fully saturated rings. The van der Waals surface area contributed by atoms with Gasteiger partial charge in [0.2, 0.25) is 0 Å². The van der Waals surface area contributed by atoms with E-state index < -0.39 is 27.5 Å². The zero-order valence-corrected chi connectivity index (χ0v) is 11.5. The van der Waals surface area contributed by atoms with E-state index in [1.807, 2.05) is 0 Å². The second-order valence-corrected chi connectivity index (χ2v) is 7.26. The van der Waals surface area contributed by atoms with Gasteiger partial charge in [-0.3, -0.25) is 0 Å². The van der Waals surface area contributed by atoms with Crippen LogP contribution in [0.3, 0.4) is 0 Å². The van der Waals surface area contributed by atoms with E-state index >= 15 is 0 Å². The lowest BCUT2D eigenvalue weighted by molar-refractivity contribution is 0.445. The van der Waals surface area contributed by atoms with Crippen LogP contribution in [0.1, 0.15) is 24.9 Å². The molecule has 2 atom stereocenters. The van der Waals surface area contributed by atoms with Gasteiger partial charge in [0.1, 0.15) is 11.6 Å². The SMILES string of the molecule is CC(NCC1CCS(=O)(=O)C1)c1c(F)cccc1F. The summed E-state index contributed by atoms with van der Waals surface area (Å²) >= 11 is 0.